The van der Waals surface area contributed by atoms with Crippen LogP contribution in [0.4, 0.5) is 0 Å². The Hall–Kier alpha value is -2.69. The summed E-state index contributed by atoms with van der Waals surface area (Å²) in [7, 11) is 0. The van der Waals surface area contributed by atoms with Crippen LogP contribution in [0.2, 0.25) is 0 Å². The van der Waals surface area contributed by atoms with E-state index in [4.69, 9.17) is 4.98 Å². The van der Waals surface area contributed by atoms with E-state index in [1.54, 1.807) is 11.3 Å². The van der Waals surface area contributed by atoms with Gasteiger partial charge in [-0.25, -0.2) is 4.98 Å². The minimum absolute atomic E-state index is 0.0790. The number of fused-ring (bicyclic) bond motifs is 4. The summed E-state index contributed by atoms with van der Waals surface area (Å²) in [5.74, 6) is 0. The van der Waals surface area contributed by atoms with Crippen molar-refractivity contribution < 1.29 is 0 Å². The molecule has 0 atom stereocenters. The summed E-state index contributed by atoms with van der Waals surface area (Å²) in [5.41, 5.74) is 1.95. The molecule has 5 rings (SSSR count). The van der Waals surface area contributed by atoms with E-state index < -0.39 is 0 Å². The Morgan fingerprint density at radius 3 is 2.31 bits per heavy atom. The molecule has 1 aliphatic heterocycles. The van der Waals surface area contributed by atoms with E-state index in [1.165, 1.54) is 11.8 Å². The van der Waals surface area contributed by atoms with Gasteiger partial charge in [-0.15, -0.1) is 11.3 Å². The Kier molecular flexibility index (Phi) is 3.73. The van der Waals surface area contributed by atoms with Gasteiger partial charge in [0.25, 0.3) is 0 Å². The number of hydrogen-bond donors (Lipinski definition) is 0. The molecule has 0 aromatic heterocycles. The molecule has 0 bridgehead atoms. The molecule has 0 spiro atoms. The molecule has 0 saturated heterocycles. The van der Waals surface area contributed by atoms with Crippen molar-refractivity contribution in [2.24, 2.45) is 0 Å². The summed E-state index contributed by atoms with van der Waals surface area (Å²) >= 11 is 3.17. The molecule has 0 fully saturated rings. The maximum absolute atomic E-state index is 13.2. The van der Waals surface area contributed by atoms with Gasteiger partial charge in [0, 0.05) is 15.7 Å². The second-order valence-corrected chi connectivity index (χ2v) is 8.11. The first-order valence-corrected chi connectivity index (χ1v) is 9.92. The van der Waals surface area contributed by atoms with Gasteiger partial charge in [-0.2, -0.15) is 0 Å². The van der Waals surface area contributed by atoms with Crippen molar-refractivity contribution in [1.29, 1.82) is 0 Å². The average Bonchev–Trinajstić information content (AvgIpc) is 2.71. The van der Waals surface area contributed by atoms with Gasteiger partial charge in [0.1, 0.15) is 0 Å². The normalized spacial score (nSPS) is 11.4. The summed E-state index contributed by atoms with van der Waals surface area (Å²) in [6, 6.07) is 25.9. The second-order valence-electron chi connectivity index (χ2n) is 5.98. The van der Waals surface area contributed by atoms with Crippen molar-refractivity contribution in [2.75, 3.05) is 0 Å². The second kappa shape index (κ2) is 6.24. The minimum atomic E-state index is 0.0790. The number of hydrogen-bond acceptors (Lipinski definition) is 4. The maximum Gasteiger partial charge on any atom is 0.201 e. The first-order valence-electron chi connectivity index (χ1n) is 8.28. The highest BCUT2D eigenvalue weighted by Crippen LogP contribution is 2.42. The predicted molar refractivity (Wildman–Crippen MR) is 111 cm³/mol. The number of para-hydroxylation sites is 1. The average molecular weight is 371 g/mol. The number of nitrogens with zero attached hydrogens (tertiary/aromatic N) is 1. The molecule has 0 amide bonds. The van der Waals surface area contributed by atoms with Gasteiger partial charge in [-0.1, -0.05) is 66.4 Å². The Balaban J connectivity index is 1.91. The van der Waals surface area contributed by atoms with Gasteiger partial charge in [0.05, 0.1) is 25.7 Å². The van der Waals surface area contributed by atoms with Crippen LogP contribution < -0.4 is 5.43 Å². The zero-order valence-electron chi connectivity index (χ0n) is 13.7. The van der Waals surface area contributed by atoms with Crippen LogP contribution in [0, 0.1) is 0 Å². The van der Waals surface area contributed by atoms with Crippen LogP contribution in [0.15, 0.2) is 93.4 Å². The fourth-order valence-corrected chi connectivity index (χ4v) is 5.31. The van der Waals surface area contributed by atoms with Crippen molar-refractivity contribution in [2.45, 2.75) is 9.79 Å². The van der Waals surface area contributed by atoms with Crippen molar-refractivity contribution in [3.8, 4) is 10.6 Å². The molecular formula is C22H13NOS2. The van der Waals surface area contributed by atoms with Crippen LogP contribution in [0.1, 0.15) is 0 Å². The highest BCUT2D eigenvalue weighted by atomic mass is 32.2. The van der Waals surface area contributed by atoms with Gasteiger partial charge in [0.15, 0.2) is 0 Å². The summed E-state index contributed by atoms with van der Waals surface area (Å²) in [4.78, 5) is 20.9. The maximum atomic E-state index is 13.2. The fraction of sp³-hybridized carbons (Fsp3) is 0. The highest BCUT2D eigenvalue weighted by molar-refractivity contribution is 7.99. The summed E-state index contributed by atoms with van der Waals surface area (Å²) < 4.78 is 1.09. The first kappa shape index (κ1) is 15.6. The van der Waals surface area contributed by atoms with E-state index in [0.29, 0.717) is 0 Å². The van der Waals surface area contributed by atoms with Gasteiger partial charge in [-0.3, -0.25) is 4.79 Å². The van der Waals surface area contributed by atoms with Crippen molar-refractivity contribution in [3.63, 3.8) is 0 Å². The molecule has 26 heavy (non-hydrogen) atoms. The zero-order valence-corrected chi connectivity index (χ0v) is 15.3. The van der Waals surface area contributed by atoms with Gasteiger partial charge >= 0.3 is 0 Å². The summed E-state index contributed by atoms with van der Waals surface area (Å²) in [5, 5.41) is 1.65. The van der Waals surface area contributed by atoms with Gasteiger partial charge in [0.2, 0.25) is 5.43 Å². The van der Waals surface area contributed by atoms with E-state index in [-0.39, 0.29) is 5.43 Å². The molecule has 0 radical (unpaired) electrons. The van der Waals surface area contributed by atoms with Crippen molar-refractivity contribution in [1.82, 2.24) is 4.98 Å². The van der Waals surface area contributed by atoms with Crippen molar-refractivity contribution in [3.05, 3.63) is 89.1 Å². The zero-order chi connectivity index (χ0) is 17.5. The lowest BCUT2D eigenvalue weighted by atomic mass is 10.1. The predicted octanol–water partition coefficient (Wildman–Crippen LogP) is 6.07. The molecule has 0 saturated carbocycles. The molecular weight excluding hydrogens is 358 g/mol. The molecule has 4 heteroatoms. The Bertz CT molecular complexity index is 1280. The topological polar surface area (TPSA) is 30.0 Å². The third-order valence-electron chi connectivity index (χ3n) is 4.33. The van der Waals surface area contributed by atoms with E-state index >= 15 is 0 Å². The lowest BCUT2D eigenvalue weighted by molar-refractivity contribution is 1.35. The van der Waals surface area contributed by atoms with E-state index in [2.05, 4.69) is 6.07 Å². The lowest BCUT2D eigenvalue weighted by Crippen LogP contribution is -2.08. The molecule has 2 aliphatic rings. The fourth-order valence-electron chi connectivity index (χ4n) is 3.11. The first-order chi connectivity index (χ1) is 12.8. The Morgan fingerprint density at radius 2 is 1.46 bits per heavy atom. The van der Waals surface area contributed by atoms with E-state index in [1.807, 2.05) is 72.8 Å². The van der Waals surface area contributed by atoms with Gasteiger partial charge < -0.3 is 0 Å². The Labute approximate surface area is 158 Å². The van der Waals surface area contributed by atoms with Crippen molar-refractivity contribution >= 4 is 44.1 Å². The molecule has 124 valence electrons. The molecule has 0 unspecified atom stereocenters. The molecule has 3 aromatic carbocycles. The van der Waals surface area contributed by atoms with Crippen LogP contribution in [-0.2, 0) is 0 Å². The third-order valence-corrected chi connectivity index (χ3v) is 6.72. The Morgan fingerprint density at radius 1 is 0.769 bits per heavy atom. The highest BCUT2D eigenvalue weighted by Gasteiger charge is 2.21. The van der Waals surface area contributed by atoms with Crippen LogP contribution in [0.3, 0.4) is 0 Å². The number of rotatable bonds is 2. The number of benzene rings is 4. The SMILES string of the molecule is O=c1c(Sc2ccccc2)c2sc3ccccc3nc-2c2ccccc12. The largest absolute Gasteiger partial charge is 0.288 e. The minimum Gasteiger partial charge on any atom is -0.288 e. The lowest BCUT2D eigenvalue weighted by Gasteiger charge is -2.14. The van der Waals surface area contributed by atoms with Crippen LogP contribution in [-0.4, -0.2) is 4.98 Å². The van der Waals surface area contributed by atoms with E-state index in [9.17, 15) is 4.79 Å². The van der Waals surface area contributed by atoms with Crippen LogP contribution in [0.5, 0.6) is 0 Å². The number of aromatic nitrogens is 1. The molecule has 3 aromatic rings. The molecule has 2 nitrogen and oxygen atoms in total. The van der Waals surface area contributed by atoms with Crippen LogP contribution in [0.25, 0.3) is 31.6 Å². The van der Waals surface area contributed by atoms with E-state index in [0.717, 1.165) is 41.4 Å². The van der Waals surface area contributed by atoms with Gasteiger partial charge in [-0.05, 0) is 24.3 Å². The summed E-state index contributed by atoms with van der Waals surface area (Å²) in [6.07, 6.45) is 0. The summed E-state index contributed by atoms with van der Waals surface area (Å²) in [6.45, 7) is 0. The standard InChI is InChI=1S/C22H13NOS2/c24-20-16-11-5-4-10-15(16)19-21(22(20)25-14-8-2-1-3-9-14)26-18-13-7-6-12-17(18)23-19/h1-13H. The quantitative estimate of drug-likeness (QED) is 0.279. The smallest absolute Gasteiger partial charge is 0.201 e. The molecule has 0 N–H and O–H groups in total. The third kappa shape index (κ3) is 2.50. The molecule has 1 aliphatic carbocycles. The van der Waals surface area contributed by atoms with Crippen LogP contribution >= 0.6 is 23.1 Å². The monoisotopic (exact) mass is 371 g/mol. The molecule has 1 heterocycles.